The Hall–Kier alpha value is -0.500. The first-order valence-corrected chi connectivity index (χ1v) is 2.62. The summed E-state index contributed by atoms with van der Waals surface area (Å²) in [4.78, 5) is 9.90. The molecular formula is C5H9ClN2O. The van der Waals surface area contributed by atoms with Crippen LogP contribution in [-0.2, 0) is 4.79 Å². The van der Waals surface area contributed by atoms with Crippen LogP contribution >= 0.6 is 12.4 Å². The SMILES string of the molecule is Cl.O=C=C1CNCCN1. The summed E-state index contributed by atoms with van der Waals surface area (Å²) in [6.45, 7) is 2.42. The first kappa shape index (κ1) is 8.50. The summed E-state index contributed by atoms with van der Waals surface area (Å²) >= 11 is 0. The quantitative estimate of drug-likeness (QED) is 0.447. The highest BCUT2D eigenvalue weighted by Gasteiger charge is 2.00. The van der Waals surface area contributed by atoms with Gasteiger partial charge in [-0.1, -0.05) is 0 Å². The van der Waals surface area contributed by atoms with Crippen molar-refractivity contribution in [3.63, 3.8) is 0 Å². The standard InChI is InChI=1S/C5H8N2O.ClH/c8-4-5-3-6-1-2-7-5;/h6-7H,1-3H2;1H. The molecule has 1 rings (SSSR count). The monoisotopic (exact) mass is 148 g/mol. The molecule has 0 unspecified atom stereocenters. The summed E-state index contributed by atoms with van der Waals surface area (Å²) in [5.41, 5.74) is 0.635. The molecular weight excluding hydrogens is 140 g/mol. The van der Waals surface area contributed by atoms with Crippen LogP contribution in [0.5, 0.6) is 0 Å². The number of hydrogen-bond donors (Lipinski definition) is 2. The smallest absolute Gasteiger partial charge is 0.146 e. The molecule has 2 N–H and O–H groups in total. The van der Waals surface area contributed by atoms with E-state index in [9.17, 15) is 4.79 Å². The Labute approximate surface area is 59.9 Å². The average molecular weight is 149 g/mol. The molecule has 52 valence electrons. The lowest BCUT2D eigenvalue weighted by molar-refractivity contribution is 0.551. The van der Waals surface area contributed by atoms with Crippen LogP contribution in [0.15, 0.2) is 5.70 Å². The molecule has 0 aromatic carbocycles. The van der Waals surface area contributed by atoms with Gasteiger partial charge in [-0.05, 0) is 0 Å². The van der Waals surface area contributed by atoms with Gasteiger partial charge in [0.05, 0.1) is 0 Å². The molecule has 1 heterocycles. The first-order chi connectivity index (χ1) is 3.93. The van der Waals surface area contributed by atoms with Crippen molar-refractivity contribution in [2.75, 3.05) is 19.6 Å². The average Bonchev–Trinajstić information content (AvgIpc) is 1.90. The lowest BCUT2D eigenvalue weighted by Gasteiger charge is -2.13. The second-order valence-electron chi connectivity index (χ2n) is 1.68. The molecule has 0 aromatic rings. The second kappa shape index (κ2) is 4.39. The molecule has 0 amide bonds. The predicted octanol–water partition coefficient (Wildman–Crippen LogP) is -0.684. The molecule has 0 bridgehead atoms. The second-order valence-corrected chi connectivity index (χ2v) is 1.68. The van der Waals surface area contributed by atoms with Crippen molar-refractivity contribution in [1.82, 2.24) is 10.6 Å². The maximum absolute atomic E-state index is 9.90. The number of hydrogen-bond acceptors (Lipinski definition) is 3. The zero-order chi connectivity index (χ0) is 5.82. The van der Waals surface area contributed by atoms with Crippen LogP contribution in [0.25, 0.3) is 0 Å². The maximum atomic E-state index is 9.90. The van der Waals surface area contributed by atoms with Crippen molar-refractivity contribution in [3.05, 3.63) is 5.70 Å². The van der Waals surface area contributed by atoms with E-state index in [4.69, 9.17) is 0 Å². The molecule has 1 saturated heterocycles. The van der Waals surface area contributed by atoms with Crippen LogP contribution in [0.4, 0.5) is 0 Å². The van der Waals surface area contributed by atoms with E-state index >= 15 is 0 Å². The highest BCUT2D eigenvalue weighted by molar-refractivity contribution is 5.85. The van der Waals surface area contributed by atoms with Gasteiger partial charge in [-0.15, -0.1) is 12.4 Å². The summed E-state index contributed by atoms with van der Waals surface area (Å²) in [6.07, 6.45) is 0. The largest absolute Gasteiger partial charge is 0.377 e. The minimum atomic E-state index is 0. The normalized spacial score (nSPS) is 17.1. The molecule has 1 aliphatic rings. The molecule has 1 fully saturated rings. The minimum absolute atomic E-state index is 0. The van der Waals surface area contributed by atoms with Gasteiger partial charge in [0, 0.05) is 19.6 Å². The fourth-order valence-electron chi connectivity index (χ4n) is 0.650. The lowest BCUT2D eigenvalue weighted by Crippen LogP contribution is -2.38. The van der Waals surface area contributed by atoms with Crippen LogP contribution in [0.2, 0.25) is 0 Å². The van der Waals surface area contributed by atoms with Gasteiger partial charge < -0.3 is 10.6 Å². The minimum Gasteiger partial charge on any atom is -0.377 e. The molecule has 0 saturated carbocycles. The Morgan fingerprint density at radius 2 is 2.22 bits per heavy atom. The number of rotatable bonds is 0. The summed E-state index contributed by atoms with van der Waals surface area (Å²) in [5, 5.41) is 5.92. The van der Waals surface area contributed by atoms with E-state index in [2.05, 4.69) is 10.6 Å². The van der Waals surface area contributed by atoms with Gasteiger partial charge in [-0.3, -0.25) is 0 Å². The van der Waals surface area contributed by atoms with Gasteiger partial charge in [0.15, 0.2) is 0 Å². The highest BCUT2D eigenvalue weighted by Crippen LogP contribution is 1.81. The third-order valence-electron chi connectivity index (χ3n) is 1.07. The Balaban J connectivity index is 0.000000640. The van der Waals surface area contributed by atoms with E-state index in [0.29, 0.717) is 12.2 Å². The van der Waals surface area contributed by atoms with Crippen LogP contribution < -0.4 is 10.6 Å². The highest BCUT2D eigenvalue weighted by atomic mass is 35.5. The van der Waals surface area contributed by atoms with Gasteiger partial charge >= 0.3 is 0 Å². The van der Waals surface area contributed by atoms with Gasteiger partial charge in [0.1, 0.15) is 11.6 Å². The molecule has 9 heavy (non-hydrogen) atoms. The molecule has 0 radical (unpaired) electrons. The van der Waals surface area contributed by atoms with Gasteiger partial charge in [0.2, 0.25) is 0 Å². The Morgan fingerprint density at radius 3 is 2.56 bits per heavy atom. The van der Waals surface area contributed by atoms with Gasteiger partial charge in [-0.25, -0.2) is 4.79 Å². The van der Waals surface area contributed by atoms with E-state index in [1.165, 1.54) is 0 Å². The van der Waals surface area contributed by atoms with E-state index in [0.717, 1.165) is 13.1 Å². The van der Waals surface area contributed by atoms with Crippen molar-refractivity contribution in [1.29, 1.82) is 0 Å². The molecule has 4 heteroatoms. The fraction of sp³-hybridized carbons (Fsp3) is 0.600. The topological polar surface area (TPSA) is 41.1 Å². The maximum Gasteiger partial charge on any atom is 0.146 e. The number of piperazine rings is 1. The fourth-order valence-corrected chi connectivity index (χ4v) is 0.650. The van der Waals surface area contributed by atoms with Crippen molar-refractivity contribution in [2.24, 2.45) is 0 Å². The van der Waals surface area contributed by atoms with Crippen LogP contribution in [0, 0.1) is 0 Å². The van der Waals surface area contributed by atoms with E-state index in [1.807, 2.05) is 0 Å². The lowest BCUT2D eigenvalue weighted by atomic mass is 10.4. The van der Waals surface area contributed by atoms with Crippen molar-refractivity contribution < 1.29 is 4.79 Å². The predicted molar refractivity (Wildman–Crippen MR) is 37.3 cm³/mol. The number of halogens is 1. The Kier molecular flexibility index (Phi) is 4.14. The van der Waals surface area contributed by atoms with Crippen molar-refractivity contribution in [2.45, 2.75) is 0 Å². The summed E-state index contributed by atoms with van der Waals surface area (Å²) in [5.74, 6) is 1.80. The Morgan fingerprint density at radius 1 is 1.44 bits per heavy atom. The molecule has 0 atom stereocenters. The molecule has 0 spiro atoms. The third kappa shape index (κ3) is 2.51. The van der Waals surface area contributed by atoms with Crippen LogP contribution in [-0.4, -0.2) is 25.6 Å². The van der Waals surface area contributed by atoms with Crippen LogP contribution in [0.3, 0.4) is 0 Å². The van der Waals surface area contributed by atoms with E-state index in [-0.39, 0.29) is 12.4 Å². The van der Waals surface area contributed by atoms with Crippen LogP contribution in [0.1, 0.15) is 0 Å². The Bertz CT molecular complexity index is 123. The van der Waals surface area contributed by atoms with E-state index < -0.39 is 0 Å². The van der Waals surface area contributed by atoms with Crippen molar-refractivity contribution in [3.8, 4) is 0 Å². The summed E-state index contributed by atoms with van der Waals surface area (Å²) in [7, 11) is 0. The third-order valence-corrected chi connectivity index (χ3v) is 1.07. The zero-order valence-corrected chi connectivity index (χ0v) is 5.75. The molecule has 1 aliphatic heterocycles. The summed E-state index contributed by atoms with van der Waals surface area (Å²) in [6, 6.07) is 0. The molecule has 0 aliphatic carbocycles. The molecule has 3 nitrogen and oxygen atoms in total. The number of carbonyl (C=O) groups excluding carboxylic acids is 1. The zero-order valence-electron chi connectivity index (χ0n) is 4.94. The van der Waals surface area contributed by atoms with Gasteiger partial charge in [0.25, 0.3) is 0 Å². The molecule has 0 aromatic heterocycles. The van der Waals surface area contributed by atoms with Gasteiger partial charge in [-0.2, -0.15) is 0 Å². The van der Waals surface area contributed by atoms with Crippen molar-refractivity contribution >= 4 is 18.3 Å². The van der Waals surface area contributed by atoms with E-state index in [1.54, 1.807) is 5.94 Å². The first-order valence-electron chi connectivity index (χ1n) is 2.62. The summed E-state index contributed by atoms with van der Waals surface area (Å²) < 4.78 is 0. The number of nitrogens with one attached hydrogen (secondary N) is 2.